The minimum atomic E-state index is -3.68. The lowest BCUT2D eigenvalue weighted by Gasteiger charge is -2.08. The third kappa shape index (κ3) is 4.64. The second-order valence-corrected chi connectivity index (χ2v) is 8.31. The molecule has 0 saturated heterocycles. The zero-order valence-electron chi connectivity index (χ0n) is 16.3. The van der Waals surface area contributed by atoms with Crippen molar-refractivity contribution in [3.05, 3.63) is 84.6 Å². The minimum absolute atomic E-state index is 0.174. The van der Waals surface area contributed by atoms with Gasteiger partial charge in [-0.25, -0.2) is 8.42 Å². The third-order valence-corrected chi connectivity index (χ3v) is 5.75. The van der Waals surface area contributed by atoms with Gasteiger partial charge in [0.1, 0.15) is 6.04 Å². The molecule has 31 heavy (non-hydrogen) atoms. The molecule has 2 aromatic heterocycles. The smallest absolute Gasteiger partial charge is 0.287 e. The molecule has 158 valence electrons. The van der Waals surface area contributed by atoms with Gasteiger partial charge in [-0.15, -0.1) is 0 Å². The molecular weight excluding hydrogens is 420 g/mol. The molecule has 2 heterocycles. The van der Waals surface area contributed by atoms with Gasteiger partial charge in [0.25, 0.3) is 15.9 Å². The van der Waals surface area contributed by atoms with Gasteiger partial charge in [-0.2, -0.15) is 4.98 Å². The second-order valence-electron chi connectivity index (χ2n) is 6.62. The first-order valence-corrected chi connectivity index (χ1v) is 10.8. The fourth-order valence-corrected chi connectivity index (χ4v) is 3.85. The van der Waals surface area contributed by atoms with Gasteiger partial charge in [0, 0.05) is 11.3 Å². The highest BCUT2D eigenvalue weighted by molar-refractivity contribution is 7.92. The normalized spacial score (nSPS) is 12.3. The highest BCUT2D eigenvalue weighted by atomic mass is 32.2. The third-order valence-electron chi connectivity index (χ3n) is 4.35. The Morgan fingerprint density at radius 2 is 1.74 bits per heavy atom. The van der Waals surface area contributed by atoms with Crippen molar-refractivity contribution < 1.29 is 22.2 Å². The highest BCUT2D eigenvalue weighted by Gasteiger charge is 2.19. The summed E-state index contributed by atoms with van der Waals surface area (Å²) >= 11 is 0. The monoisotopic (exact) mass is 438 g/mol. The molecule has 0 bridgehead atoms. The fraction of sp³-hybridized carbons (Fsp3) is 0.0952. The number of furan rings is 1. The molecule has 0 saturated carbocycles. The molecule has 2 aromatic carbocycles. The first-order valence-electron chi connectivity index (χ1n) is 9.29. The molecule has 10 heteroatoms. The molecule has 1 atom stereocenters. The van der Waals surface area contributed by atoms with Crippen LogP contribution in [-0.4, -0.2) is 24.5 Å². The van der Waals surface area contributed by atoms with Gasteiger partial charge in [-0.3, -0.25) is 9.52 Å². The van der Waals surface area contributed by atoms with Crippen molar-refractivity contribution in [2.24, 2.45) is 0 Å². The van der Waals surface area contributed by atoms with Gasteiger partial charge in [0.05, 0.1) is 11.2 Å². The topological polar surface area (TPSA) is 127 Å². The molecule has 0 unspecified atom stereocenters. The van der Waals surface area contributed by atoms with Gasteiger partial charge >= 0.3 is 0 Å². The van der Waals surface area contributed by atoms with Crippen molar-refractivity contribution in [1.29, 1.82) is 0 Å². The van der Waals surface area contributed by atoms with Crippen molar-refractivity contribution in [3.63, 3.8) is 0 Å². The highest BCUT2D eigenvalue weighted by Crippen LogP contribution is 2.22. The minimum Gasteiger partial charge on any atom is -0.459 e. The average molecular weight is 438 g/mol. The van der Waals surface area contributed by atoms with Crippen LogP contribution in [0.3, 0.4) is 0 Å². The Balaban J connectivity index is 1.44. The Morgan fingerprint density at radius 1 is 1.00 bits per heavy atom. The molecule has 4 rings (SSSR count). The summed E-state index contributed by atoms with van der Waals surface area (Å²) in [6.07, 6.45) is 1.41. The number of anilines is 1. The standard InChI is InChI=1S/C21H18N4O5S/c1-14(22-20(26)18-8-5-13-29-18)21-23-19(24-30-21)15-9-11-16(12-10-15)25-31(27,28)17-6-3-2-4-7-17/h2-14,25H,1H3,(H,22,26)/t14-/m0/s1. The van der Waals surface area contributed by atoms with E-state index in [0.717, 1.165) is 0 Å². The maximum absolute atomic E-state index is 12.4. The Bertz CT molecular complexity index is 1270. The molecule has 0 radical (unpaired) electrons. The second kappa shape index (κ2) is 8.44. The average Bonchev–Trinajstić information content (AvgIpc) is 3.47. The van der Waals surface area contributed by atoms with Gasteiger partial charge in [0.15, 0.2) is 5.76 Å². The summed E-state index contributed by atoms with van der Waals surface area (Å²) < 4.78 is 37.7. The van der Waals surface area contributed by atoms with E-state index in [1.807, 2.05) is 0 Å². The van der Waals surface area contributed by atoms with E-state index < -0.39 is 22.0 Å². The van der Waals surface area contributed by atoms with Crippen molar-refractivity contribution >= 4 is 21.6 Å². The Morgan fingerprint density at radius 3 is 2.42 bits per heavy atom. The molecular formula is C21H18N4O5S. The number of sulfonamides is 1. The first-order chi connectivity index (χ1) is 14.9. The maximum atomic E-state index is 12.4. The molecule has 0 aliphatic heterocycles. The van der Waals surface area contributed by atoms with Crippen LogP contribution in [-0.2, 0) is 10.0 Å². The number of amides is 1. The number of carbonyl (C=O) groups is 1. The van der Waals surface area contributed by atoms with Gasteiger partial charge < -0.3 is 14.3 Å². The summed E-state index contributed by atoms with van der Waals surface area (Å²) in [6, 6.07) is 17.3. The number of hydrogen-bond acceptors (Lipinski definition) is 7. The van der Waals surface area contributed by atoms with Crippen molar-refractivity contribution in [2.75, 3.05) is 4.72 Å². The molecule has 9 nitrogen and oxygen atoms in total. The fourth-order valence-electron chi connectivity index (χ4n) is 2.77. The summed E-state index contributed by atoms with van der Waals surface area (Å²) in [7, 11) is -3.68. The zero-order chi connectivity index (χ0) is 21.8. The largest absolute Gasteiger partial charge is 0.459 e. The molecule has 4 aromatic rings. The molecule has 2 N–H and O–H groups in total. The number of benzene rings is 2. The van der Waals surface area contributed by atoms with Crippen LogP contribution in [0, 0.1) is 0 Å². The van der Waals surface area contributed by atoms with Gasteiger partial charge in [0.2, 0.25) is 11.7 Å². The molecule has 1 amide bonds. The van der Waals surface area contributed by atoms with Crippen molar-refractivity contribution in [1.82, 2.24) is 15.5 Å². The number of carbonyl (C=O) groups excluding carboxylic acids is 1. The number of rotatable bonds is 7. The SMILES string of the molecule is C[C@H](NC(=O)c1ccco1)c1nc(-c2ccc(NS(=O)(=O)c3ccccc3)cc2)no1. The number of nitrogens with one attached hydrogen (secondary N) is 2. The predicted molar refractivity (Wildman–Crippen MR) is 112 cm³/mol. The van der Waals surface area contributed by atoms with E-state index in [-0.39, 0.29) is 16.5 Å². The van der Waals surface area contributed by atoms with E-state index in [2.05, 4.69) is 20.2 Å². The van der Waals surface area contributed by atoms with E-state index in [1.54, 1.807) is 61.5 Å². The molecule has 0 spiro atoms. The van der Waals surface area contributed by atoms with Gasteiger partial charge in [-0.05, 0) is 55.5 Å². The van der Waals surface area contributed by atoms with E-state index in [0.29, 0.717) is 17.1 Å². The van der Waals surface area contributed by atoms with Crippen LogP contribution in [0.15, 0.2) is 86.8 Å². The summed E-state index contributed by atoms with van der Waals surface area (Å²) in [6.45, 7) is 1.71. The van der Waals surface area contributed by atoms with Crippen molar-refractivity contribution in [3.8, 4) is 11.4 Å². The van der Waals surface area contributed by atoms with E-state index >= 15 is 0 Å². The quantitative estimate of drug-likeness (QED) is 0.451. The Hall–Kier alpha value is -3.92. The van der Waals surface area contributed by atoms with Crippen LogP contribution in [0.4, 0.5) is 5.69 Å². The van der Waals surface area contributed by atoms with Crippen LogP contribution in [0.1, 0.15) is 29.4 Å². The summed E-state index contributed by atoms with van der Waals surface area (Å²) in [5, 5.41) is 6.64. The molecule has 0 aliphatic rings. The predicted octanol–water partition coefficient (Wildman–Crippen LogP) is 3.62. The molecule has 0 aliphatic carbocycles. The van der Waals surface area contributed by atoms with Crippen molar-refractivity contribution in [2.45, 2.75) is 17.9 Å². The van der Waals surface area contributed by atoms with Crippen LogP contribution in [0.25, 0.3) is 11.4 Å². The van der Waals surface area contributed by atoms with Crippen LogP contribution in [0.5, 0.6) is 0 Å². The van der Waals surface area contributed by atoms with E-state index in [1.165, 1.54) is 18.4 Å². The van der Waals surface area contributed by atoms with Crippen LogP contribution >= 0.6 is 0 Å². The lowest BCUT2D eigenvalue weighted by Crippen LogP contribution is -2.26. The van der Waals surface area contributed by atoms with E-state index in [9.17, 15) is 13.2 Å². The summed E-state index contributed by atoms with van der Waals surface area (Å²) in [5.41, 5.74) is 1.03. The Kier molecular flexibility index (Phi) is 5.54. The number of nitrogens with zero attached hydrogens (tertiary/aromatic N) is 2. The number of hydrogen-bond donors (Lipinski definition) is 2. The number of aromatic nitrogens is 2. The van der Waals surface area contributed by atoms with E-state index in [4.69, 9.17) is 8.94 Å². The zero-order valence-corrected chi connectivity index (χ0v) is 17.2. The molecule has 0 fully saturated rings. The Labute approximate surface area is 178 Å². The van der Waals surface area contributed by atoms with Crippen LogP contribution in [0.2, 0.25) is 0 Å². The maximum Gasteiger partial charge on any atom is 0.287 e. The summed E-state index contributed by atoms with van der Waals surface area (Å²) in [5.74, 6) is 0.322. The lowest BCUT2D eigenvalue weighted by atomic mass is 10.2. The van der Waals surface area contributed by atoms with Crippen LogP contribution < -0.4 is 10.0 Å². The summed E-state index contributed by atoms with van der Waals surface area (Å²) in [4.78, 5) is 16.5. The van der Waals surface area contributed by atoms with Gasteiger partial charge in [-0.1, -0.05) is 23.4 Å². The lowest BCUT2D eigenvalue weighted by molar-refractivity contribution is 0.0904. The first kappa shape index (κ1) is 20.4.